The topological polar surface area (TPSA) is 38.1 Å². The number of aromatic nitrogens is 2. The number of hydrogen-bond donors (Lipinski definition) is 0. The molecule has 1 aliphatic heterocycles. The third-order valence-corrected chi connectivity index (χ3v) is 5.97. The lowest BCUT2D eigenvalue weighted by atomic mass is 10.1. The van der Waals surface area contributed by atoms with Crippen molar-refractivity contribution in [1.82, 2.24) is 9.55 Å². The molecule has 1 unspecified atom stereocenters. The molecule has 2 aromatic carbocycles. The van der Waals surface area contributed by atoms with E-state index in [0.29, 0.717) is 13.0 Å². The molecule has 1 amide bonds. The molecular weight excluding hydrogens is 358 g/mol. The molecule has 3 aromatic rings. The molecule has 4 heteroatoms. The number of imidazole rings is 1. The number of carbonyl (C=O) groups excluding carboxylic acids is 1. The molecule has 1 aliphatic rings. The highest BCUT2D eigenvalue weighted by Crippen LogP contribution is 2.33. The Labute approximate surface area is 173 Å². The summed E-state index contributed by atoms with van der Waals surface area (Å²) in [6, 6.07) is 16.6. The number of benzene rings is 2. The van der Waals surface area contributed by atoms with Crippen molar-refractivity contribution in [2.24, 2.45) is 0 Å². The molecule has 152 valence electrons. The minimum absolute atomic E-state index is 0.144. The molecule has 1 aromatic heterocycles. The second kappa shape index (κ2) is 8.81. The Morgan fingerprint density at radius 1 is 1.03 bits per heavy atom. The Kier molecular flexibility index (Phi) is 5.98. The van der Waals surface area contributed by atoms with E-state index in [4.69, 9.17) is 4.98 Å². The van der Waals surface area contributed by atoms with Gasteiger partial charge in [0, 0.05) is 31.1 Å². The first-order chi connectivity index (χ1) is 14.2. The van der Waals surface area contributed by atoms with Crippen LogP contribution in [0.4, 0.5) is 5.69 Å². The van der Waals surface area contributed by atoms with Gasteiger partial charge in [-0.25, -0.2) is 4.98 Å². The number of aryl methyl sites for hydroxylation is 2. The maximum absolute atomic E-state index is 12.8. The monoisotopic (exact) mass is 389 g/mol. The van der Waals surface area contributed by atoms with Crippen LogP contribution in [-0.2, 0) is 11.3 Å². The Morgan fingerprint density at radius 3 is 2.69 bits per heavy atom. The lowest BCUT2D eigenvalue weighted by Crippen LogP contribution is -2.24. The normalized spacial score (nSPS) is 16.8. The van der Waals surface area contributed by atoms with Crippen LogP contribution in [0.15, 0.2) is 48.5 Å². The fourth-order valence-corrected chi connectivity index (χ4v) is 4.44. The van der Waals surface area contributed by atoms with Crippen LogP contribution in [0.5, 0.6) is 0 Å². The van der Waals surface area contributed by atoms with Crippen molar-refractivity contribution in [3.05, 3.63) is 59.9 Å². The molecule has 2 heterocycles. The molecule has 29 heavy (non-hydrogen) atoms. The van der Waals surface area contributed by atoms with Gasteiger partial charge in [0.15, 0.2) is 0 Å². The Balaban J connectivity index is 1.58. The van der Waals surface area contributed by atoms with Crippen LogP contribution in [0.2, 0.25) is 0 Å². The SMILES string of the molecule is CCCCCCCn1c(C2CC(=O)N(c3cccc(C)c3)C2)nc2ccccc21. The summed E-state index contributed by atoms with van der Waals surface area (Å²) in [7, 11) is 0. The van der Waals surface area contributed by atoms with Crippen LogP contribution >= 0.6 is 0 Å². The number of hydrogen-bond acceptors (Lipinski definition) is 2. The summed E-state index contributed by atoms with van der Waals surface area (Å²) >= 11 is 0. The number of nitrogens with zero attached hydrogens (tertiary/aromatic N) is 3. The van der Waals surface area contributed by atoms with E-state index in [-0.39, 0.29) is 11.8 Å². The molecule has 0 aliphatic carbocycles. The molecule has 0 saturated carbocycles. The molecule has 1 fully saturated rings. The average Bonchev–Trinajstić information content (AvgIpc) is 3.28. The number of carbonyl (C=O) groups is 1. The fraction of sp³-hybridized carbons (Fsp3) is 0.440. The van der Waals surface area contributed by atoms with Crippen LogP contribution < -0.4 is 4.90 Å². The van der Waals surface area contributed by atoms with Crippen LogP contribution in [0.3, 0.4) is 0 Å². The minimum atomic E-state index is 0.144. The Bertz CT molecular complexity index is 991. The number of anilines is 1. The predicted octanol–water partition coefficient (Wildman–Crippen LogP) is 5.84. The van der Waals surface area contributed by atoms with Crippen LogP contribution in [-0.4, -0.2) is 22.0 Å². The number of para-hydroxylation sites is 2. The summed E-state index contributed by atoms with van der Waals surface area (Å²) in [6.07, 6.45) is 6.81. The van der Waals surface area contributed by atoms with E-state index < -0.39 is 0 Å². The van der Waals surface area contributed by atoms with Crippen molar-refractivity contribution in [2.45, 2.75) is 64.8 Å². The molecule has 1 atom stereocenters. The predicted molar refractivity (Wildman–Crippen MR) is 119 cm³/mol. The summed E-state index contributed by atoms with van der Waals surface area (Å²) in [5.41, 5.74) is 4.41. The zero-order chi connectivity index (χ0) is 20.2. The molecular formula is C25H31N3O. The Morgan fingerprint density at radius 2 is 1.86 bits per heavy atom. The maximum atomic E-state index is 12.8. The van der Waals surface area contributed by atoms with Crippen molar-refractivity contribution in [3.63, 3.8) is 0 Å². The second-order valence-electron chi connectivity index (χ2n) is 8.27. The summed E-state index contributed by atoms with van der Waals surface area (Å²) < 4.78 is 2.37. The van der Waals surface area contributed by atoms with Crippen molar-refractivity contribution >= 4 is 22.6 Å². The first kappa shape index (κ1) is 19.7. The number of fused-ring (bicyclic) bond motifs is 1. The summed E-state index contributed by atoms with van der Waals surface area (Å²) in [4.78, 5) is 19.7. The van der Waals surface area contributed by atoms with E-state index in [9.17, 15) is 4.79 Å². The maximum Gasteiger partial charge on any atom is 0.227 e. The average molecular weight is 390 g/mol. The van der Waals surface area contributed by atoms with Crippen LogP contribution in [0.25, 0.3) is 11.0 Å². The van der Waals surface area contributed by atoms with Gasteiger partial charge in [0.2, 0.25) is 5.91 Å². The number of rotatable bonds is 8. The molecule has 4 rings (SSSR count). The molecule has 0 spiro atoms. The van der Waals surface area contributed by atoms with Crippen molar-refractivity contribution < 1.29 is 4.79 Å². The smallest absolute Gasteiger partial charge is 0.227 e. The van der Waals surface area contributed by atoms with Crippen LogP contribution in [0, 0.1) is 6.92 Å². The first-order valence-electron chi connectivity index (χ1n) is 11.0. The minimum Gasteiger partial charge on any atom is -0.328 e. The second-order valence-corrected chi connectivity index (χ2v) is 8.27. The van der Waals surface area contributed by atoms with E-state index >= 15 is 0 Å². The standard InChI is InChI=1S/C25H31N3O/c1-3-4-5-6-9-15-27-23-14-8-7-13-22(23)26-25(27)20-17-24(29)28(18-20)21-12-10-11-19(2)16-21/h7-8,10-14,16,20H,3-6,9,15,17-18H2,1-2H3. The summed E-state index contributed by atoms with van der Waals surface area (Å²) in [5, 5.41) is 0. The van der Waals surface area contributed by atoms with Gasteiger partial charge in [0.05, 0.1) is 11.0 Å². The van der Waals surface area contributed by atoms with Gasteiger partial charge < -0.3 is 9.47 Å². The molecule has 0 bridgehead atoms. The van der Waals surface area contributed by atoms with E-state index in [2.05, 4.69) is 48.7 Å². The van der Waals surface area contributed by atoms with Gasteiger partial charge in [-0.05, 0) is 43.2 Å². The molecule has 4 nitrogen and oxygen atoms in total. The fourth-order valence-electron chi connectivity index (χ4n) is 4.44. The van der Waals surface area contributed by atoms with Gasteiger partial charge in [-0.1, -0.05) is 56.9 Å². The van der Waals surface area contributed by atoms with Crippen molar-refractivity contribution in [1.29, 1.82) is 0 Å². The van der Waals surface area contributed by atoms with Crippen molar-refractivity contribution in [2.75, 3.05) is 11.4 Å². The van der Waals surface area contributed by atoms with Crippen LogP contribution in [0.1, 0.15) is 62.8 Å². The largest absolute Gasteiger partial charge is 0.328 e. The number of amides is 1. The third kappa shape index (κ3) is 4.21. The van der Waals surface area contributed by atoms with E-state index in [0.717, 1.165) is 30.0 Å². The van der Waals surface area contributed by atoms with Crippen molar-refractivity contribution in [3.8, 4) is 0 Å². The van der Waals surface area contributed by atoms with Gasteiger partial charge in [-0.15, -0.1) is 0 Å². The summed E-state index contributed by atoms with van der Waals surface area (Å²) in [5.74, 6) is 1.42. The van der Waals surface area contributed by atoms with Gasteiger partial charge in [0.1, 0.15) is 5.82 Å². The molecule has 0 N–H and O–H groups in total. The molecule has 0 radical (unpaired) electrons. The quantitative estimate of drug-likeness (QED) is 0.454. The van der Waals surface area contributed by atoms with Gasteiger partial charge in [-0.3, -0.25) is 4.79 Å². The zero-order valence-electron chi connectivity index (χ0n) is 17.6. The highest BCUT2D eigenvalue weighted by Gasteiger charge is 2.34. The summed E-state index contributed by atoms with van der Waals surface area (Å²) in [6.45, 7) is 6.01. The Hall–Kier alpha value is -2.62. The lowest BCUT2D eigenvalue weighted by molar-refractivity contribution is -0.117. The lowest BCUT2D eigenvalue weighted by Gasteiger charge is -2.18. The van der Waals surface area contributed by atoms with Gasteiger partial charge in [0.25, 0.3) is 0 Å². The highest BCUT2D eigenvalue weighted by molar-refractivity contribution is 5.96. The highest BCUT2D eigenvalue weighted by atomic mass is 16.2. The first-order valence-corrected chi connectivity index (χ1v) is 11.0. The van der Waals surface area contributed by atoms with Gasteiger partial charge in [-0.2, -0.15) is 0 Å². The van der Waals surface area contributed by atoms with E-state index in [1.165, 1.54) is 36.8 Å². The molecule has 1 saturated heterocycles. The third-order valence-electron chi connectivity index (χ3n) is 5.97. The van der Waals surface area contributed by atoms with E-state index in [1.54, 1.807) is 0 Å². The number of unbranched alkanes of at least 4 members (excludes halogenated alkanes) is 4. The van der Waals surface area contributed by atoms with Gasteiger partial charge >= 0.3 is 0 Å². The van der Waals surface area contributed by atoms with E-state index in [1.807, 2.05) is 23.1 Å². The zero-order valence-corrected chi connectivity index (χ0v) is 17.6.